The normalized spacial score (nSPS) is 31.1. The monoisotopic (exact) mass is 703 g/mol. The number of halogens is 1. The average Bonchev–Trinajstić information content (AvgIpc) is 3.23. The molecule has 1 amide bonds. The summed E-state index contributed by atoms with van der Waals surface area (Å²) >= 11 is 6.45. The van der Waals surface area contributed by atoms with Crippen molar-refractivity contribution in [2.24, 2.45) is 29.4 Å². The topological polar surface area (TPSA) is 134 Å². The van der Waals surface area contributed by atoms with E-state index in [1.807, 2.05) is 25.1 Å². The number of fused-ring (bicyclic) bond motifs is 4. The molecule has 2 aliphatic heterocycles. The quantitative estimate of drug-likeness (QED) is 0.342. The summed E-state index contributed by atoms with van der Waals surface area (Å²) < 4.78 is 28.9. The number of anilines is 1. The summed E-state index contributed by atoms with van der Waals surface area (Å²) in [5, 5.41) is 17.0. The number of rotatable bonds is 5. The summed E-state index contributed by atoms with van der Waals surface area (Å²) in [5.41, 5.74) is 9.81. The second-order valence-corrected chi connectivity index (χ2v) is 16.3. The van der Waals surface area contributed by atoms with Gasteiger partial charge in [0.05, 0.1) is 36.8 Å². The van der Waals surface area contributed by atoms with Crippen LogP contribution in [-0.4, -0.2) is 78.2 Å². The lowest BCUT2D eigenvalue weighted by atomic mass is 9.65. The molecule has 8 atom stereocenters. The summed E-state index contributed by atoms with van der Waals surface area (Å²) in [5.74, 6) is 2.02. The lowest BCUT2D eigenvalue weighted by Crippen LogP contribution is -2.49. The maximum absolute atomic E-state index is 13.5. The fourth-order valence-electron chi connectivity index (χ4n) is 8.22. The minimum absolute atomic E-state index is 0.0880. The molecule has 11 heteroatoms. The summed E-state index contributed by atoms with van der Waals surface area (Å²) in [6, 6.07) is 11.6. The molecule has 7 unspecified atom stereocenters. The van der Waals surface area contributed by atoms with Crippen LogP contribution >= 0.6 is 11.6 Å². The van der Waals surface area contributed by atoms with E-state index in [2.05, 4.69) is 28.7 Å². The minimum Gasteiger partial charge on any atom is -0.490 e. The van der Waals surface area contributed by atoms with Crippen molar-refractivity contribution in [1.29, 1.82) is 0 Å². The maximum atomic E-state index is 13.5. The van der Waals surface area contributed by atoms with E-state index in [9.17, 15) is 14.1 Å². The van der Waals surface area contributed by atoms with E-state index in [4.69, 9.17) is 31.9 Å². The number of carbonyl (C=O) groups excluding carboxylic acids is 1. The summed E-state index contributed by atoms with van der Waals surface area (Å²) in [7, 11) is -0.507. The SMILES string of the molecule is CC1CCCC(COCC(N)CO)C2CCC2CN2C[C@@]3(CCCc4cc(Cl)ccc43)COc3ccc(cc32)C(=O)NS(=O)C1C.CO. The van der Waals surface area contributed by atoms with Crippen LogP contribution in [0.4, 0.5) is 5.69 Å². The number of nitrogens with one attached hydrogen (secondary N) is 1. The first kappa shape index (κ1) is 37.1. The average molecular weight is 704 g/mol. The molecule has 6 rings (SSSR count). The summed E-state index contributed by atoms with van der Waals surface area (Å²) in [6.07, 6.45) is 8.36. The Morgan fingerprint density at radius 1 is 1.15 bits per heavy atom. The van der Waals surface area contributed by atoms with Crippen LogP contribution in [0, 0.1) is 23.7 Å². The van der Waals surface area contributed by atoms with Crippen molar-refractivity contribution in [2.45, 2.75) is 81.9 Å². The Morgan fingerprint density at radius 3 is 2.71 bits per heavy atom. The van der Waals surface area contributed by atoms with Crippen molar-refractivity contribution in [3.05, 3.63) is 58.1 Å². The van der Waals surface area contributed by atoms with Crippen LogP contribution in [0.5, 0.6) is 5.75 Å². The van der Waals surface area contributed by atoms with Gasteiger partial charge in [-0.3, -0.25) is 9.52 Å². The molecule has 1 fully saturated rings. The van der Waals surface area contributed by atoms with Crippen LogP contribution in [0.1, 0.15) is 80.3 Å². The van der Waals surface area contributed by atoms with E-state index in [0.29, 0.717) is 43.1 Å². The number of aliphatic hydroxyl groups excluding tert-OH is 2. The fraction of sp³-hybridized carbons (Fsp3) is 0.649. The molecule has 0 saturated heterocycles. The molecule has 5 N–H and O–H groups in total. The first-order valence-electron chi connectivity index (χ1n) is 17.6. The molecule has 0 aromatic heterocycles. The Labute approximate surface area is 293 Å². The standard InChI is InChI=1S/C36H50ClN3O5S.CH4O/c1-23-5-3-6-28(19-44-20-30(38)18-41)31-11-8-27(31)17-40-21-36(14-4-7-25-15-29(37)10-12-32(25)36)22-45-34-13-9-26(16-33(34)40)35(42)39-46(43)24(23)2;1-2/h9-10,12-13,15-16,23-24,27-28,30-31,41H,3-8,11,14,17-22,38H2,1-2H3,(H,39,42);2H,1H3/t23?,24?,27?,28?,30?,31?,36-,46?;/m0./s1. The number of benzene rings is 2. The maximum Gasteiger partial charge on any atom is 0.263 e. The summed E-state index contributed by atoms with van der Waals surface area (Å²) in [6.45, 7) is 7.19. The number of amides is 1. The molecule has 1 saturated carbocycles. The predicted octanol–water partition coefficient (Wildman–Crippen LogP) is 5.00. The second-order valence-electron chi connectivity index (χ2n) is 14.4. The largest absolute Gasteiger partial charge is 0.490 e. The molecule has 266 valence electrons. The highest BCUT2D eigenvalue weighted by Crippen LogP contribution is 2.48. The van der Waals surface area contributed by atoms with E-state index in [1.54, 1.807) is 6.07 Å². The van der Waals surface area contributed by atoms with E-state index in [-0.39, 0.29) is 35.1 Å². The van der Waals surface area contributed by atoms with Gasteiger partial charge >= 0.3 is 0 Å². The second kappa shape index (κ2) is 16.7. The Kier molecular flexibility index (Phi) is 12.9. The Hall–Kier alpha value is -2.21. The Balaban J connectivity index is 0.00000221. The van der Waals surface area contributed by atoms with Gasteiger partial charge in [-0.1, -0.05) is 31.0 Å². The number of nitrogens with zero attached hydrogens (tertiary/aromatic N) is 1. The Bertz CT molecular complexity index is 1430. The van der Waals surface area contributed by atoms with Crippen molar-refractivity contribution in [2.75, 3.05) is 51.5 Å². The zero-order valence-electron chi connectivity index (χ0n) is 28.7. The first-order chi connectivity index (χ1) is 23.2. The van der Waals surface area contributed by atoms with Crippen LogP contribution in [0.25, 0.3) is 0 Å². The van der Waals surface area contributed by atoms with Gasteiger partial charge < -0.3 is 30.3 Å². The van der Waals surface area contributed by atoms with Crippen LogP contribution in [0.3, 0.4) is 0 Å². The van der Waals surface area contributed by atoms with Crippen molar-refractivity contribution in [3.63, 3.8) is 0 Å². The van der Waals surface area contributed by atoms with E-state index >= 15 is 0 Å². The Morgan fingerprint density at radius 2 is 1.96 bits per heavy atom. The fourth-order valence-corrected chi connectivity index (χ4v) is 9.46. The van der Waals surface area contributed by atoms with Gasteiger partial charge in [0.15, 0.2) is 0 Å². The number of ether oxygens (including phenoxy) is 2. The van der Waals surface area contributed by atoms with Gasteiger partial charge in [-0.15, -0.1) is 0 Å². The number of aryl methyl sites for hydroxylation is 1. The van der Waals surface area contributed by atoms with Crippen molar-refractivity contribution in [1.82, 2.24) is 4.72 Å². The predicted molar refractivity (Wildman–Crippen MR) is 192 cm³/mol. The molecule has 1 spiro atoms. The van der Waals surface area contributed by atoms with Crippen LogP contribution in [-0.2, 0) is 27.6 Å². The van der Waals surface area contributed by atoms with Gasteiger partial charge in [-0.25, -0.2) is 4.21 Å². The van der Waals surface area contributed by atoms with Crippen molar-refractivity contribution < 1.29 is 28.7 Å². The molecule has 2 bridgehead atoms. The molecular weight excluding hydrogens is 650 g/mol. The third-order valence-electron chi connectivity index (χ3n) is 11.3. The van der Waals surface area contributed by atoms with Crippen molar-refractivity contribution in [3.8, 4) is 5.75 Å². The van der Waals surface area contributed by atoms with Gasteiger partial charge in [0.25, 0.3) is 5.91 Å². The molecule has 48 heavy (non-hydrogen) atoms. The molecule has 2 heterocycles. The minimum atomic E-state index is -1.51. The molecule has 2 aromatic rings. The third-order valence-corrected chi connectivity index (χ3v) is 13.1. The number of aliphatic hydroxyl groups is 2. The smallest absolute Gasteiger partial charge is 0.263 e. The van der Waals surface area contributed by atoms with Gasteiger partial charge in [-0.2, -0.15) is 0 Å². The highest BCUT2D eigenvalue weighted by atomic mass is 35.5. The van der Waals surface area contributed by atoms with Crippen LogP contribution in [0.15, 0.2) is 36.4 Å². The molecule has 0 radical (unpaired) electrons. The first-order valence-corrected chi connectivity index (χ1v) is 19.2. The van der Waals surface area contributed by atoms with E-state index in [1.165, 1.54) is 11.1 Å². The van der Waals surface area contributed by atoms with Gasteiger partial charge in [-0.05, 0) is 117 Å². The molecule has 2 aromatic carbocycles. The van der Waals surface area contributed by atoms with Gasteiger partial charge in [0.1, 0.15) is 16.7 Å². The van der Waals surface area contributed by atoms with Crippen LogP contribution < -0.4 is 20.1 Å². The highest BCUT2D eigenvalue weighted by molar-refractivity contribution is 7.84. The highest BCUT2D eigenvalue weighted by Gasteiger charge is 2.44. The zero-order chi connectivity index (χ0) is 34.4. The summed E-state index contributed by atoms with van der Waals surface area (Å²) in [4.78, 5) is 15.9. The lowest BCUT2D eigenvalue weighted by molar-refractivity contribution is 0.0108. The van der Waals surface area contributed by atoms with Crippen molar-refractivity contribution >= 4 is 34.2 Å². The number of hydrogen-bond acceptors (Lipinski definition) is 8. The number of hydrogen-bond donors (Lipinski definition) is 4. The number of nitrogens with two attached hydrogens (primary N) is 1. The van der Waals surface area contributed by atoms with Gasteiger partial charge in [0.2, 0.25) is 0 Å². The molecular formula is C37H54ClN3O6S. The van der Waals surface area contributed by atoms with E-state index < -0.39 is 11.0 Å². The molecule has 9 nitrogen and oxygen atoms in total. The molecule has 4 aliphatic rings. The van der Waals surface area contributed by atoms with Gasteiger partial charge in [0, 0.05) is 42.8 Å². The zero-order valence-corrected chi connectivity index (χ0v) is 30.2. The van der Waals surface area contributed by atoms with E-state index in [0.717, 1.165) is 88.0 Å². The molecule has 2 aliphatic carbocycles. The third kappa shape index (κ3) is 8.22. The van der Waals surface area contributed by atoms with Crippen LogP contribution in [0.2, 0.25) is 5.02 Å². The lowest BCUT2D eigenvalue weighted by Gasteiger charge is -2.47. The number of carbonyl (C=O) groups is 1.